The Balaban J connectivity index is 2.49. The zero-order valence-corrected chi connectivity index (χ0v) is 12.7. The molecule has 0 spiro atoms. The molecular formula is C18H24N+. The highest BCUT2D eigenvalue weighted by atomic mass is 14.9. The minimum atomic E-state index is 0.638. The van der Waals surface area contributed by atoms with Crippen LogP contribution >= 0.6 is 0 Å². The van der Waals surface area contributed by atoms with Crippen molar-refractivity contribution in [1.29, 1.82) is 0 Å². The summed E-state index contributed by atoms with van der Waals surface area (Å²) < 4.78 is 2.19. The standard InChI is InChI=1S/C18H24N/c1-6-14(3)16-7-8-17(15(4)12-16)18-11-13(2)9-10-19(18)5/h7-12,14H,6H2,1-5H3/q+1. The van der Waals surface area contributed by atoms with E-state index in [1.54, 1.807) is 0 Å². The third-order valence-corrected chi connectivity index (χ3v) is 4.01. The van der Waals surface area contributed by atoms with E-state index in [1.165, 1.54) is 34.4 Å². The van der Waals surface area contributed by atoms with Crippen molar-refractivity contribution in [2.24, 2.45) is 7.05 Å². The van der Waals surface area contributed by atoms with Crippen LogP contribution in [-0.4, -0.2) is 0 Å². The third kappa shape index (κ3) is 2.86. The molecule has 0 aliphatic carbocycles. The van der Waals surface area contributed by atoms with Crippen LogP contribution in [0.3, 0.4) is 0 Å². The number of pyridine rings is 1. The van der Waals surface area contributed by atoms with Gasteiger partial charge >= 0.3 is 0 Å². The molecule has 2 aromatic rings. The van der Waals surface area contributed by atoms with Crippen LogP contribution in [0.1, 0.15) is 42.9 Å². The molecule has 0 radical (unpaired) electrons. The van der Waals surface area contributed by atoms with Crippen molar-refractivity contribution in [3.05, 3.63) is 53.2 Å². The fraction of sp³-hybridized carbons (Fsp3) is 0.389. The molecular weight excluding hydrogens is 230 g/mol. The lowest BCUT2D eigenvalue weighted by atomic mass is 9.93. The van der Waals surface area contributed by atoms with E-state index in [1.807, 2.05) is 0 Å². The maximum atomic E-state index is 2.34. The predicted molar refractivity (Wildman–Crippen MR) is 81.2 cm³/mol. The number of rotatable bonds is 3. The first-order valence-corrected chi connectivity index (χ1v) is 7.10. The molecule has 19 heavy (non-hydrogen) atoms. The average Bonchev–Trinajstić information content (AvgIpc) is 2.41. The second kappa shape index (κ2) is 5.56. The van der Waals surface area contributed by atoms with Gasteiger partial charge in [0.1, 0.15) is 7.05 Å². The molecule has 0 fully saturated rings. The first-order chi connectivity index (χ1) is 9.02. The van der Waals surface area contributed by atoms with Crippen molar-refractivity contribution in [3.8, 4) is 11.3 Å². The Kier molecular flexibility index (Phi) is 4.04. The fourth-order valence-electron chi connectivity index (χ4n) is 2.46. The van der Waals surface area contributed by atoms with Gasteiger partial charge in [0.15, 0.2) is 6.20 Å². The van der Waals surface area contributed by atoms with Crippen molar-refractivity contribution in [1.82, 2.24) is 0 Å². The van der Waals surface area contributed by atoms with E-state index in [2.05, 4.69) is 75.8 Å². The molecule has 1 aromatic carbocycles. The molecule has 0 saturated heterocycles. The number of aromatic nitrogens is 1. The number of aryl methyl sites for hydroxylation is 3. The maximum absolute atomic E-state index is 2.34. The smallest absolute Gasteiger partial charge is 0.201 e. The lowest BCUT2D eigenvalue weighted by Crippen LogP contribution is -2.30. The number of nitrogens with zero attached hydrogens (tertiary/aromatic N) is 1. The highest BCUT2D eigenvalue weighted by Gasteiger charge is 2.13. The first-order valence-electron chi connectivity index (χ1n) is 7.10. The van der Waals surface area contributed by atoms with Gasteiger partial charge in [0.2, 0.25) is 5.69 Å². The molecule has 1 heterocycles. The van der Waals surface area contributed by atoms with E-state index < -0.39 is 0 Å². The van der Waals surface area contributed by atoms with E-state index in [0.717, 1.165) is 0 Å². The first kappa shape index (κ1) is 13.8. The van der Waals surface area contributed by atoms with Gasteiger partial charge in [-0.3, -0.25) is 0 Å². The summed E-state index contributed by atoms with van der Waals surface area (Å²) in [7, 11) is 2.11. The highest BCUT2D eigenvalue weighted by molar-refractivity contribution is 5.62. The Morgan fingerprint density at radius 1 is 1.11 bits per heavy atom. The Hall–Kier alpha value is -1.63. The summed E-state index contributed by atoms with van der Waals surface area (Å²) in [6, 6.07) is 11.3. The van der Waals surface area contributed by atoms with Crippen LogP contribution in [0.2, 0.25) is 0 Å². The average molecular weight is 254 g/mol. The second-order valence-electron chi connectivity index (χ2n) is 5.58. The topological polar surface area (TPSA) is 3.88 Å². The van der Waals surface area contributed by atoms with Gasteiger partial charge in [-0.25, -0.2) is 4.57 Å². The second-order valence-corrected chi connectivity index (χ2v) is 5.58. The van der Waals surface area contributed by atoms with Gasteiger partial charge in [-0.1, -0.05) is 26.0 Å². The SMILES string of the molecule is CCC(C)c1ccc(-c2cc(C)cc[n+]2C)c(C)c1. The summed E-state index contributed by atoms with van der Waals surface area (Å²) in [6.07, 6.45) is 3.32. The van der Waals surface area contributed by atoms with E-state index in [0.29, 0.717) is 5.92 Å². The molecule has 100 valence electrons. The zero-order chi connectivity index (χ0) is 14.0. The molecule has 1 nitrogen and oxygen atoms in total. The Labute approximate surface area is 116 Å². The monoisotopic (exact) mass is 254 g/mol. The molecule has 1 aromatic heterocycles. The normalized spacial score (nSPS) is 12.5. The van der Waals surface area contributed by atoms with E-state index in [4.69, 9.17) is 0 Å². The van der Waals surface area contributed by atoms with Crippen molar-refractivity contribution in [2.75, 3.05) is 0 Å². The highest BCUT2D eigenvalue weighted by Crippen LogP contribution is 2.26. The van der Waals surface area contributed by atoms with Gasteiger partial charge in [0, 0.05) is 17.7 Å². The molecule has 0 aliphatic rings. The lowest BCUT2D eigenvalue weighted by molar-refractivity contribution is -0.660. The largest absolute Gasteiger partial charge is 0.212 e. The van der Waals surface area contributed by atoms with Gasteiger partial charge < -0.3 is 0 Å². The minimum absolute atomic E-state index is 0.638. The van der Waals surface area contributed by atoms with Gasteiger partial charge in [-0.15, -0.1) is 0 Å². The maximum Gasteiger partial charge on any atom is 0.212 e. The molecule has 1 unspecified atom stereocenters. The Morgan fingerprint density at radius 3 is 2.47 bits per heavy atom. The molecule has 0 amide bonds. The van der Waals surface area contributed by atoms with E-state index in [9.17, 15) is 0 Å². The van der Waals surface area contributed by atoms with Crippen LogP contribution < -0.4 is 4.57 Å². The van der Waals surface area contributed by atoms with Crippen LogP contribution in [0, 0.1) is 13.8 Å². The van der Waals surface area contributed by atoms with Crippen LogP contribution in [-0.2, 0) is 7.05 Å². The summed E-state index contributed by atoms with van der Waals surface area (Å²) >= 11 is 0. The van der Waals surface area contributed by atoms with E-state index in [-0.39, 0.29) is 0 Å². The fourth-order valence-corrected chi connectivity index (χ4v) is 2.46. The van der Waals surface area contributed by atoms with Gasteiger partial charge in [-0.2, -0.15) is 0 Å². The van der Waals surface area contributed by atoms with Gasteiger partial charge in [0.05, 0.1) is 0 Å². The van der Waals surface area contributed by atoms with E-state index >= 15 is 0 Å². The molecule has 0 N–H and O–H groups in total. The van der Waals surface area contributed by atoms with Crippen LogP contribution in [0.4, 0.5) is 0 Å². The lowest BCUT2D eigenvalue weighted by Gasteiger charge is -2.12. The zero-order valence-electron chi connectivity index (χ0n) is 12.7. The quantitative estimate of drug-likeness (QED) is 0.719. The number of benzene rings is 1. The molecule has 1 atom stereocenters. The Bertz CT molecular complexity index is 584. The predicted octanol–water partition coefficient (Wildman–Crippen LogP) is 4.31. The van der Waals surface area contributed by atoms with Crippen LogP contribution in [0.5, 0.6) is 0 Å². The number of hydrogen-bond donors (Lipinski definition) is 0. The van der Waals surface area contributed by atoms with Crippen LogP contribution in [0.25, 0.3) is 11.3 Å². The molecule has 0 aliphatic heterocycles. The summed E-state index contributed by atoms with van der Waals surface area (Å²) in [4.78, 5) is 0. The summed E-state index contributed by atoms with van der Waals surface area (Å²) in [5, 5.41) is 0. The minimum Gasteiger partial charge on any atom is -0.201 e. The number of hydrogen-bond acceptors (Lipinski definition) is 0. The summed E-state index contributed by atoms with van der Waals surface area (Å²) in [5.74, 6) is 0.638. The summed E-state index contributed by atoms with van der Waals surface area (Å²) in [6.45, 7) is 8.89. The molecule has 1 heteroatoms. The van der Waals surface area contributed by atoms with Crippen molar-refractivity contribution < 1.29 is 4.57 Å². The van der Waals surface area contributed by atoms with Crippen molar-refractivity contribution in [3.63, 3.8) is 0 Å². The van der Waals surface area contributed by atoms with Crippen molar-refractivity contribution in [2.45, 2.75) is 40.0 Å². The van der Waals surface area contributed by atoms with Gasteiger partial charge in [-0.05, 0) is 48.9 Å². The van der Waals surface area contributed by atoms with Crippen molar-refractivity contribution >= 4 is 0 Å². The third-order valence-electron chi connectivity index (χ3n) is 4.01. The summed E-state index contributed by atoms with van der Waals surface area (Å²) in [5.41, 5.74) is 6.73. The van der Waals surface area contributed by atoms with Gasteiger partial charge in [0.25, 0.3) is 0 Å². The molecule has 2 rings (SSSR count). The Morgan fingerprint density at radius 2 is 1.84 bits per heavy atom. The molecule has 0 saturated carbocycles. The van der Waals surface area contributed by atoms with Crippen LogP contribution in [0.15, 0.2) is 36.5 Å². The molecule has 0 bridgehead atoms.